The Morgan fingerprint density at radius 2 is 1.55 bits per heavy atom. The largest absolute Gasteiger partial charge is 0.444 e. The van der Waals surface area contributed by atoms with E-state index in [0.717, 1.165) is 5.56 Å². The van der Waals surface area contributed by atoms with Gasteiger partial charge >= 0.3 is 6.09 Å². The zero-order chi connectivity index (χ0) is 23.7. The van der Waals surface area contributed by atoms with Gasteiger partial charge in [-0.15, -0.1) is 0 Å². The zero-order valence-electron chi connectivity index (χ0n) is 18.8. The highest BCUT2D eigenvalue weighted by molar-refractivity contribution is 5.97. The van der Waals surface area contributed by atoms with Gasteiger partial charge in [-0.3, -0.25) is 4.79 Å². The predicted octanol–water partition coefficient (Wildman–Crippen LogP) is 4.03. The number of alkyl carbamates (subject to hydrolysis) is 1. The van der Waals surface area contributed by atoms with Crippen molar-refractivity contribution in [1.29, 1.82) is 0 Å². The summed E-state index contributed by atoms with van der Waals surface area (Å²) in [6.45, 7) is 4.82. The summed E-state index contributed by atoms with van der Waals surface area (Å²) < 4.78 is 55.9. The van der Waals surface area contributed by atoms with Gasteiger partial charge in [-0.1, -0.05) is 30.3 Å². The van der Waals surface area contributed by atoms with Crippen molar-refractivity contribution >= 4 is 34.9 Å². The van der Waals surface area contributed by atoms with E-state index in [4.69, 9.17) is 14.2 Å². The maximum absolute atomic E-state index is 13.3. The van der Waals surface area contributed by atoms with Crippen molar-refractivity contribution in [2.75, 3.05) is 19.8 Å². The van der Waals surface area contributed by atoms with Crippen molar-refractivity contribution in [3.63, 3.8) is 0 Å². The highest BCUT2D eigenvalue weighted by Gasteiger charge is 2.21. The lowest BCUT2D eigenvalue weighted by Gasteiger charge is -2.23. The smallest absolute Gasteiger partial charge is 0.408 e. The number of halogens is 3. The fraction of sp³-hybridized carbons (Fsp3) is 0.391. The van der Waals surface area contributed by atoms with E-state index in [0.29, 0.717) is 18.7 Å². The van der Waals surface area contributed by atoms with Crippen molar-refractivity contribution in [3.05, 3.63) is 71.0 Å². The third-order valence-electron chi connectivity index (χ3n) is 4.01. The second-order valence-corrected chi connectivity index (χ2v) is 8.04. The van der Waals surface area contributed by atoms with Crippen LogP contribution in [0.25, 0.3) is 0 Å². The Balaban J connectivity index is 0.00000544. The molecule has 0 saturated carbocycles. The van der Waals surface area contributed by atoms with E-state index < -0.39 is 47.6 Å². The molecule has 2 rings (SSSR count). The van der Waals surface area contributed by atoms with Gasteiger partial charge in [0.25, 0.3) is 0 Å². The molecule has 0 aliphatic carbocycles. The molecule has 2 aromatic rings. The molecule has 2 radical (unpaired) electrons. The molecule has 0 heterocycles. The quantitative estimate of drug-likeness (QED) is 0.318. The average molecular weight is 478 g/mol. The van der Waals surface area contributed by atoms with E-state index in [1.54, 1.807) is 20.8 Å². The molecule has 0 unspecified atom stereocenters. The van der Waals surface area contributed by atoms with Crippen LogP contribution in [0, 0.1) is 17.5 Å². The van der Waals surface area contributed by atoms with Crippen LogP contribution in [-0.2, 0) is 20.8 Å². The molecule has 0 fully saturated rings. The molecule has 1 N–H and O–H groups in total. The first-order chi connectivity index (χ1) is 15.0. The second-order valence-electron chi connectivity index (χ2n) is 8.04. The Morgan fingerprint density at radius 1 is 0.970 bits per heavy atom. The molecular formula is C23H26F3MgNO5. The maximum Gasteiger partial charge on any atom is 0.408 e. The van der Waals surface area contributed by atoms with Gasteiger partial charge in [-0.25, -0.2) is 18.0 Å². The lowest BCUT2D eigenvalue weighted by atomic mass is 10.1. The number of amides is 1. The van der Waals surface area contributed by atoms with Crippen LogP contribution in [0.2, 0.25) is 0 Å². The number of ketones is 1. The molecule has 0 aromatic heterocycles. The molecule has 0 bridgehead atoms. The van der Waals surface area contributed by atoms with Gasteiger partial charge in [0.05, 0.1) is 25.9 Å². The van der Waals surface area contributed by atoms with Crippen LogP contribution in [0.5, 0.6) is 0 Å². The van der Waals surface area contributed by atoms with Gasteiger partial charge in [-0.2, -0.15) is 0 Å². The summed E-state index contributed by atoms with van der Waals surface area (Å²) in [5.41, 5.74) is -0.147. The van der Waals surface area contributed by atoms with Gasteiger partial charge in [0, 0.05) is 28.6 Å². The lowest BCUT2D eigenvalue weighted by Crippen LogP contribution is -2.44. The summed E-state index contributed by atoms with van der Waals surface area (Å²) in [7, 11) is 0. The summed E-state index contributed by atoms with van der Waals surface area (Å²) in [5.74, 6) is -5.33. The second kappa shape index (κ2) is 13.5. The Hall–Kier alpha value is -2.14. The lowest BCUT2D eigenvalue weighted by molar-refractivity contribution is 0.0265. The van der Waals surface area contributed by atoms with Gasteiger partial charge in [0.1, 0.15) is 12.2 Å². The highest BCUT2D eigenvalue weighted by Crippen LogP contribution is 2.14. The molecule has 0 spiro atoms. The first kappa shape index (κ1) is 28.9. The molecule has 1 atom stereocenters. The molecular weight excluding hydrogens is 452 g/mol. The molecule has 0 aliphatic rings. The van der Waals surface area contributed by atoms with Crippen LogP contribution in [0.15, 0.2) is 42.5 Å². The molecule has 0 aliphatic heterocycles. The standard InChI is InChI=1S/C23H26F3NO5.Mg/c1-23(2,3)32-22(29)27-17(12-30-11-15-7-5-4-6-8-15)13-31-14-20(28)16-9-18(24)21(26)19(25)10-16;/h4-10,17H,11-14H2,1-3H3,(H,27,29);/t17-;/m0./s1. The van der Waals surface area contributed by atoms with Crippen LogP contribution in [0.4, 0.5) is 18.0 Å². The SMILES string of the molecule is CC(C)(C)OC(=O)N[C@H](COCC(=O)c1cc(F)c(F)c(F)c1)COCc1ccccc1.[Mg]. The van der Waals surface area contributed by atoms with E-state index >= 15 is 0 Å². The Kier molecular flexibility index (Phi) is 11.8. The summed E-state index contributed by atoms with van der Waals surface area (Å²) in [6, 6.07) is 9.91. The number of carbonyl (C=O) groups is 2. The number of ether oxygens (including phenoxy) is 3. The first-order valence-electron chi connectivity index (χ1n) is 9.92. The van der Waals surface area contributed by atoms with Crippen molar-refractivity contribution in [2.24, 2.45) is 0 Å². The highest BCUT2D eigenvalue weighted by atomic mass is 24.3. The van der Waals surface area contributed by atoms with Crippen LogP contribution in [-0.4, -0.2) is 66.4 Å². The minimum atomic E-state index is -1.65. The third kappa shape index (κ3) is 10.6. The first-order valence-corrected chi connectivity index (χ1v) is 9.92. The monoisotopic (exact) mass is 477 g/mol. The van der Waals surface area contributed by atoms with Gasteiger partial charge in [0.2, 0.25) is 0 Å². The summed E-state index contributed by atoms with van der Waals surface area (Å²) >= 11 is 0. The summed E-state index contributed by atoms with van der Waals surface area (Å²) in [4.78, 5) is 24.2. The number of benzene rings is 2. The maximum atomic E-state index is 13.3. The number of rotatable bonds is 10. The summed E-state index contributed by atoms with van der Waals surface area (Å²) in [6.07, 6.45) is -0.691. The van der Waals surface area contributed by atoms with Crippen molar-refractivity contribution in [2.45, 2.75) is 39.0 Å². The van der Waals surface area contributed by atoms with Gasteiger partial charge in [0.15, 0.2) is 23.2 Å². The molecule has 0 saturated heterocycles. The number of carbonyl (C=O) groups excluding carboxylic acids is 2. The third-order valence-corrected chi connectivity index (χ3v) is 4.01. The van der Waals surface area contributed by atoms with Crippen molar-refractivity contribution < 1.29 is 37.0 Å². The normalized spacial score (nSPS) is 11.9. The van der Waals surface area contributed by atoms with Gasteiger partial charge < -0.3 is 19.5 Å². The van der Waals surface area contributed by atoms with Crippen molar-refractivity contribution in [1.82, 2.24) is 5.32 Å². The van der Waals surface area contributed by atoms with Crippen LogP contribution in [0.3, 0.4) is 0 Å². The topological polar surface area (TPSA) is 73.9 Å². The Morgan fingerprint density at radius 3 is 2.12 bits per heavy atom. The number of hydrogen-bond acceptors (Lipinski definition) is 5. The molecule has 6 nitrogen and oxygen atoms in total. The number of nitrogens with one attached hydrogen (secondary N) is 1. The van der Waals surface area contributed by atoms with Crippen molar-refractivity contribution in [3.8, 4) is 0 Å². The zero-order valence-corrected chi connectivity index (χ0v) is 20.2. The van der Waals surface area contributed by atoms with E-state index in [1.165, 1.54) is 0 Å². The minimum absolute atomic E-state index is 0. The van der Waals surface area contributed by atoms with Crippen LogP contribution >= 0.6 is 0 Å². The van der Waals surface area contributed by atoms with Crippen LogP contribution < -0.4 is 5.32 Å². The van der Waals surface area contributed by atoms with Gasteiger partial charge in [-0.05, 0) is 38.5 Å². The fourth-order valence-electron chi connectivity index (χ4n) is 2.59. The molecule has 2 aromatic carbocycles. The Labute approximate surface area is 206 Å². The molecule has 10 heteroatoms. The number of Topliss-reactive ketones (excluding diaryl/α,β-unsaturated/α-hetero) is 1. The minimum Gasteiger partial charge on any atom is -0.444 e. The summed E-state index contributed by atoms with van der Waals surface area (Å²) in [5, 5.41) is 2.61. The predicted molar refractivity (Wildman–Crippen MR) is 116 cm³/mol. The molecule has 1 amide bonds. The fourth-order valence-corrected chi connectivity index (χ4v) is 2.59. The van der Waals surface area contributed by atoms with Crippen LogP contribution in [0.1, 0.15) is 36.7 Å². The van der Waals surface area contributed by atoms with E-state index in [-0.39, 0.29) is 41.8 Å². The number of hydrogen-bond donors (Lipinski definition) is 1. The average Bonchev–Trinajstić information content (AvgIpc) is 2.70. The molecule has 176 valence electrons. The molecule has 33 heavy (non-hydrogen) atoms. The Bertz CT molecular complexity index is 899. The van der Waals surface area contributed by atoms with E-state index in [2.05, 4.69) is 5.32 Å². The van der Waals surface area contributed by atoms with E-state index in [1.807, 2.05) is 30.3 Å². The van der Waals surface area contributed by atoms with E-state index in [9.17, 15) is 22.8 Å².